The van der Waals surface area contributed by atoms with Crippen LogP contribution in [0.5, 0.6) is 0 Å². The quantitative estimate of drug-likeness (QED) is 0.846. The molecule has 20 heavy (non-hydrogen) atoms. The Bertz CT molecular complexity index is 499. The van der Waals surface area contributed by atoms with Gasteiger partial charge in [0.25, 0.3) is 0 Å². The molecule has 1 aliphatic heterocycles. The van der Waals surface area contributed by atoms with Crippen molar-refractivity contribution in [3.8, 4) is 0 Å². The third kappa shape index (κ3) is 2.81. The molecule has 2 heterocycles. The summed E-state index contributed by atoms with van der Waals surface area (Å²) in [6.45, 7) is 10.1. The largest absolute Gasteiger partial charge is 0.379 e. The highest BCUT2D eigenvalue weighted by molar-refractivity contribution is 5.98. The summed E-state index contributed by atoms with van der Waals surface area (Å²) in [5.41, 5.74) is 2.28. The maximum absolute atomic E-state index is 12.2. The predicted molar refractivity (Wildman–Crippen MR) is 78.1 cm³/mol. The molecule has 0 bridgehead atoms. The van der Waals surface area contributed by atoms with E-state index in [1.165, 1.54) is 5.69 Å². The minimum absolute atomic E-state index is 0.0964. The number of nitrogens with zero attached hydrogens (tertiary/aromatic N) is 2. The van der Waals surface area contributed by atoms with E-state index >= 15 is 0 Å². The normalized spacial score (nSPS) is 22.8. The molecule has 1 aromatic rings. The van der Waals surface area contributed by atoms with Crippen LogP contribution in [0.25, 0.3) is 0 Å². The average molecular weight is 276 g/mol. The van der Waals surface area contributed by atoms with Crippen molar-refractivity contribution in [2.75, 3.05) is 32.8 Å². The highest BCUT2D eigenvalue weighted by Crippen LogP contribution is 2.35. The number of morpholine rings is 1. The highest BCUT2D eigenvalue weighted by Gasteiger charge is 2.32. The van der Waals surface area contributed by atoms with Gasteiger partial charge in [-0.3, -0.25) is 9.69 Å². The summed E-state index contributed by atoms with van der Waals surface area (Å²) in [5, 5.41) is 0. The van der Waals surface area contributed by atoms with Crippen molar-refractivity contribution < 1.29 is 9.53 Å². The van der Waals surface area contributed by atoms with E-state index in [-0.39, 0.29) is 5.41 Å². The molecule has 0 amide bonds. The van der Waals surface area contributed by atoms with Gasteiger partial charge in [-0.1, -0.05) is 13.8 Å². The molecule has 1 aromatic heterocycles. The van der Waals surface area contributed by atoms with Gasteiger partial charge in [-0.2, -0.15) is 0 Å². The van der Waals surface area contributed by atoms with Gasteiger partial charge in [0.05, 0.1) is 13.2 Å². The van der Waals surface area contributed by atoms with E-state index < -0.39 is 0 Å². The van der Waals surface area contributed by atoms with Crippen LogP contribution >= 0.6 is 0 Å². The molecule has 3 rings (SSSR count). The Balaban J connectivity index is 1.70. The summed E-state index contributed by atoms with van der Waals surface area (Å²) in [7, 11) is 0. The number of rotatable bonds is 3. The minimum atomic E-state index is 0.0964. The second kappa shape index (κ2) is 5.34. The molecule has 2 aliphatic rings. The van der Waals surface area contributed by atoms with Crippen LogP contribution in [-0.2, 0) is 17.7 Å². The lowest BCUT2D eigenvalue weighted by atomic mass is 9.76. The van der Waals surface area contributed by atoms with E-state index in [0.29, 0.717) is 12.2 Å². The smallest absolute Gasteiger partial charge is 0.165 e. The van der Waals surface area contributed by atoms with Gasteiger partial charge in [-0.25, -0.2) is 0 Å². The topological polar surface area (TPSA) is 34.5 Å². The monoisotopic (exact) mass is 276 g/mol. The van der Waals surface area contributed by atoms with E-state index in [9.17, 15) is 4.79 Å². The Kier molecular flexibility index (Phi) is 3.69. The SMILES string of the molecule is CC1(C)CC(=O)c2ccn(CCN3CCOCC3)c2C1. The van der Waals surface area contributed by atoms with Crippen molar-refractivity contribution in [3.05, 3.63) is 23.5 Å². The summed E-state index contributed by atoms with van der Waals surface area (Å²) in [6, 6.07) is 2.01. The van der Waals surface area contributed by atoms with Crippen molar-refractivity contribution in [2.45, 2.75) is 33.2 Å². The third-order valence-electron chi connectivity index (χ3n) is 4.43. The fraction of sp³-hybridized carbons (Fsp3) is 0.688. The van der Waals surface area contributed by atoms with E-state index in [0.717, 1.165) is 51.4 Å². The molecule has 0 atom stereocenters. The van der Waals surface area contributed by atoms with E-state index in [1.54, 1.807) is 0 Å². The third-order valence-corrected chi connectivity index (χ3v) is 4.43. The molecule has 0 saturated carbocycles. The number of carbonyl (C=O) groups excluding carboxylic acids is 1. The van der Waals surface area contributed by atoms with E-state index in [4.69, 9.17) is 4.74 Å². The molecule has 1 fully saturated rings. The number of aromatic nitrogens is 1. The Hall–Kier alpha value is -1.13. The number of ketones is 1. The van der Waals surface area contributed by atoms with Crippen molar-refractivity contribution in [1.29, 1.82) is 0 Å². The molecule has 110 valence electrons. The Morgan fingerprint density at radius 3 is 2.70 bits per heavy atom. The second-order valence-corrected chi connectivity index (χ2v) is 6.76. The van der Waals surface area contributed by atoms with Crippen LogP contribution < -0.4 is 0 Å². The van der Waals surface area contributed by atoms with Crippen molar-refractivity contribution in [1.82, 2.24) is 9.47 Å². The Labute approximate surface area is 120 Å². The first-order chi connectivity index (χ1) is 9.55. The van der Waals surface area contributed by atoms with Crippen LogP contribution in [0.3, 0.4) is 0 Å². The zero-order valence-corrected chi connectivity index (χ0v) is 12.5. The van der Waals surface area contributed by atoms with Crippen molar-refractivity contribution >= 4 is 5.78 Å². The first-order valence-electron chi connectivity index (χ1n) is 7.56. The maximum Gasteiger partial charge on any atom is 0.165 e. The molecular formula is C16H24N2O2. The molecule has 0 N–H and O–H groups in total. The first-order valence-corrected chi connectivity index (χ1v) is 7.56. The minimum Gasteiger partial charge on any atom is -0.379 e. The standard InChI is InChI=1S/C16H24N2O2/c1-16(2)11-14-13(15(19)12-16)3-4-18(14)6-5-17-7-9-20-10-8-17/h3-4H,5-12H2,1-2H3. The van der Waals surface area contributed by atoms with Crippen LogP contribution in [0.1, 0.15) is 36.3 Å². The van der Waals surface area contributed by atoms with Crippen molar-refractivity contribution in [2.24, 2.45) is 5.41 Å². The molecule has 4 nitrogen and oxygen atoms in total. The Morgan fingerprint density at radius 2 is 1.95 bits per heavy atom. The van der Waals surface area contributed by atoms with Crippen LogP contribution in [0, 0.1) is 5.41 Å². The van der Waals surface area contributed by atoms with Gasteiger partial charge >= 0.3 is 0 Å². The van der Waals surface area contributed by atoms with Gasteiger partial charge in [0.15, 0.2) is 5.78 Å². The fourth-order valence-electron chi connectivity index (χ4n) is 3.29. The van der Waals surface area contributed by atoms with Gasteiger partial charge in [0.1, 0.15) is 0 Å². The molecule has 4 heteroatoms. The summed E-state index contributed by atoms with van der Waals surface area (Å²) in [6.07, 6.45) is 3.77. The zero-order valence-electron chi connectivity index (χ0n) is 12.5. The molecular weight excluding hydrogens is 252 g/mol. The maximum atomic E-state index is 12.2. The zero-order chi connectivity index (χ0) is 14.2. The average Bonchev–Trinajstić information content (AvgIpc) is 2.79. The summed E-state index contributed by atoms with van der Waals surface area (Å²) < 4.78 is 7.66. The molecule has 0 spiro atoms. The number of carbonyl (C=O) groups is 1. The van der Waals surface area contributed by atoms with E-state index in [1.807, 2.05) is 6.07 Å². The first kappa shape index (κ1) is 13.8. The van der Waals surface area contributed by atoms with Crippen LogP contribution in [0.4, 0.5) is 0 Å². The van der Waals surface area contributed by atoms with Crippen LogP contribution in [0.15, 0.2) is 12.3 Å². The van der Waals surface area contributed by atoms with Gasteiger partial charge in [0, 0.05) is 50.1 Å². The number of hydrogen-bond acceptors (Lipinski definition) is 3. The van der Waals surface area contributed by atoms with Crippen molar-refractivity contribution in [3.63, 3.8) is 0 Å². The Morgan fingerprint density at radius 1 is 1.20 bits per heavy atom. The molecule has 1 aliphatic carbocycles. The molecule has 0 aromatic carbocycles. The number of ether oxygens (including phenoxy) is 1. The summed E-state index contributed by atoms with van der Waals surface area (Å²) >= 11 is 0. The number of hydrogen-bond donors (Lipinski definition) is 0. The summed E-state index contributed by atoms with van der Waals surface area (Å²) in [4.78, 5) is 14.6. The summed E-state index contributed by atoms with van der Waals surface area (Å²) in [5.74, 6) is 0.307. The number of Topliss-reactive ketones (excluding diaryl/α,β-unsaturated/α-hetero) is 1. The van der Waals surface area contributed by atoms with Gasteiger partial charge in [0.2, 0.25) is 0 Å². The highest BCUT2D eigenvalue weighted by atomic mass is 16.5. The van der Waals surface area contributed by atoms with Crippen LogP contribution in [0.2, 0.25) is 0 Å². The second-order valence-electron chi connectivity index (χ2n) is 6.76. The molecule has 0 unspecified atom stereocenters. The lowest BCUT2D eigenvalue weighted by molar-refractivity contribution is 0.0362. The number of fused-ring (bicyclic) bond motifs is 1. The molecule has 0 radical (unpaired) electrons. The van der Waals surface area contributed by atoms with Gasteiger partial charge in [-0.05, 0) is 17.9 Å². The van der Waals surface area contributed by atoms with Gasteiger partial charge < -0.3 is 9.30 Å². The van der Waals surface area contributed by atoms with E-state index in [2.05, 4.69) is 29.5 Å². The lowest BCUT2D eigenvalue weighted by Gasteiger charge is -2.31. The lowest BCUT2D eigenvalue weighted by Crippen LogP contribution is -2.38. The fourth-order valence-corrected chi connectivity index (χ4v) is 3.29. The van der Waals surface area contributed by atoms with Gasteiger partial charge in [-0.15, -0.1) is 0 Å². The van der Waals surface area contributed by atoms with Crippen LogP contribution in [-0.4, -0.2) is 48.1 Å². The molecule has 1 saturated heterocycles. The predicted octanol–water partition coefficient (Wildman–Crippen LogP) is 1.98.